The lowest BCUT2D eigenvalue weighted by Crippen LogP contribution is -2.32. The highest BCUT2D eigenvalue weighted by Gasteiger charge is 2.17. The third kappa shape index (κ3) is 3.08. The first-order chi connectivity index (χ1) is 5.64. The number of hydrogen-bond acceptors (Lipinski definition) is 3. The van der Waals surface area contributed by atoms with Gasteiger partial charge in [0.15, 0.2) is 0 Å². The van der Waals surface area contributed by atoms with Gasteiger partial charge in [0.05, 0.1) is 11.9 Å². The molecule has 0 saturated carbocycles. The van der Waals surface area contributed by atoms with Crippen molar-refractivity contribution in [2.75, 3.05) is 18.9 Å². The number of sulfonamides is 1. The zero-order valence-electron chi connectivity index (χ0n) is 7.25. The predicted octanol–water partition coefficient (Wildman–Crippen LogP) is 0.105. The van der Waals surface area contributed by atoms with Crippen LogP contribution in [0.25, 0.3) is 0 Å². The van der Waals surface area contributed by atoms with Gasteiger partial charge in [-0.1, -0.05) is 0 Å². The molecular weight excluding hydrogens is 178 g/mol. The van der Waals surface area contributed by atoms with Crippen molar-refractivity contribution in [3.05, 3.63) is 0 Å². The van der Waals surface area contributed by atoms with Crippen LogP contribution < -0.4 is 4.72 Å². The van der Waals surface area contributed by atoms with Gasteiger partial charge >= 0.3 is 0 Å². The first kappa shape index (κ1) is 9.95. The molecule has 0 radical (unpaired) electrons. The average molecular weight is 193 g/mol. The Hall–Kier alpha value is -0.130. The molecule has 0 aromatic carbocycles. The van der Waals surface area contributed by atoms with Crippen molar-refractivity contribution >= 4 is 10.0 Å². The largest absolute Gasteiger partial charge is 0.377 e. The van der Waals surface area contributed by atoms with E-state index in [9.17, 15) is 8.42 Å². The molecule has 0 unspecified atom stereocenters. The molecule has 72 valence electrons. The van der Waals surface area contributed by atoms with Gasteiger partial charge in [-0.25, -0.2) is 13.1 Å². The van der Waals surface area contributed by atoms with Crippen molar-refractivity contribution in [3.63, 3.8) is 0 Å². The Morgan fingerprint density at radius 2 is 2.33 bits per heavy atom. The highest BCUT2D eigenvalue weighted by atomic mass is 32.2. The smallest absolute Gasteiger partial charge is 0.211 e. The molecule has 1 aliphatic heterocycles. The molecule has 1 saturated heterocycles. The van der Waals surface area contributed by atoms with Crippen molar-refractivity contribution in [2.45, 2.75) is 25.9 Å². The van der Waals surface area contributed by atoms with E-state index in [2.05, 4.69) is 4.72 Å². The number of ether oxygens (including phenoxy) is 1. The SMILES string of the molecule is CCS(=O)(=O)NC[C@@H]1CCCO1. The summed E-state index contributed by atoms with van der Waals surface area (Å²) >= 11 is 0. The maximum atomic E-state index is 11.0. The lowest BCUT2D eigenvalue weighted by molar-refractivity contribution is 0.114. The van der Waals surface area contributed by atoms with Crippen molar-refractivity contribution < 1.29 is 13.2 Å². The Bertz CT molecular complexity index is 219. The quantitative estimate of drug-likeness (QED) is 0.689. The van der Waals surface area contributed by atoms with E-state index in [1.54, 1.807) is 6.92 Å². The van der Waals surface area contributed by atoms with Crippen LogP contribution >= 0.6 is 0 Å². The fourth-order valence-electron chi connectivity index (χ4n) is 1.13. The summed E-state index contributed by atoms with van der Waals surface area (Å²) in [7, 11) is -3.04. The standard InChI is InChI=1S/C7H15NO3S/c1-2-12(9,10)8-6-7-4-3-5-11-7/h7-8H,2-6H2,1H3/t7-/m0/s1. The Labute approximate surface area is 73.3 Å². The van der Waals surface area contributed by atoms with Gasteiger partial charge in [-0.3, -0.25) is 0 Å². The van der Waals surface area contributed by atoms with Crippen LogP contribution in [0.2, 0.25) is 0 Å². The summed E-state index contributed by atoms with van der Waals surface area (Å²) in [5.41, 5.74) is 0. The van der Waals surface area contributed by atoms with Crippen LogP contribution in [0.3, 0.4) is 0 Å². The molecule has 1 N–H and O–H groups in total. The molecular formula is C7H15NO3S. The zero-order chi connectivity index (χ0) is 9.03. The average Bonchev–Trinajstić information content (AvgIpc) is 2.53. The first-order valence-corrected chi connectivity index (χ1v) is 5.88. The Morgan fingerprint density at radius 3 is 2.83 bits per heavy atom. The van der Waals surface area contributed by atoms with Gasteiger partial charge in [0.25, 0.3) is 0 Å². The minimum Gasteiger partial charge on any atom is -0.377 e. The molecule has 1 atom stereocenters. The van der Waals surface area contributed by atoms with Gasteiger partial charge in [-0.05, 0) is 19.8 Å². The van der Waals surface area contributed by atoms with Gasteiger partial charge in [0.1, 0.15) is 0 Å². The van der Waals surface area contributed by atoms with Crippen LogP contribution in [-0.4, -0.2) is 33.4 Å². The fourth-order valence-corrected chi connectivity index (χ4v) is 1.77. The summed E-state index contributed by atoms with van der Waals surface area (Å²) < 4.78 is 29.7. The molecule has 0 bridgehead atoms. The molecule has 0 aromatic heterocycles. The Balaban J connectivity index is 2.25. The molecule has 0 aliphatic carbocycles. The lowest BCUT2D eigenvalue weighted by Gasteiger charge is -2.09. The van der Waals surface area contributed by atoms with E-state index < -0.39 is 10.0 Å². The van der Waals surface area contributed by atoms with Crippen LogP contribution in [0.5, 0.6) is 0 Å². The van der Waals surface area contributed by atoms with Gasteiger partial charge in [0.2, 0.25) is 10.0 Å². The molecule has 0 amide bonds. The summed E-state index contributed by atoms with van der Waals surface area (Å²) in [4.78, 5) is 0. The third-order valence-corrected chi connectivity index (χ3v) is 3.30. The molecule has 0 spiro atoms. The van der Waals surface area contributed by atoms with E-state index in [0.717, 1.165) is 19.4 Å². The molecule has 1 rings (SSSR count). The first-order valence-electron chi connectivity index (χ1n) is 4.23. The highest BCUT2D eigenvalue weighted by molar-refractivity contribution is 7.89. The molecule has 1 aliphatic rings. The fraction of sp³-hybridized carbons (Fsp3) is 1.00. The second-order valence-electron chi connectivity index (χ2n) is 2.89. The van der Waals surface area contributed by atoms with Crippen LogP contribution in [0.4, 0.5) is 0 Å². The van der Waals surface area contributed by atoms with Gasteiger partial charge in [-0.2, -0.15) is 0 Å². The molecule has 1 heterocycles. The second kappa shape index (κ2) is 4.20. The predicted molar refractivity (Wildman–Crippen MR) is 46.4 cm³/mol. The third-order valence-electron chi connectivity index (χ3n) is 1.93. The van der Waals surface area contributed by atoms with Crippen LogP contribution in [0.15, 0.2) is 0 Å². The molecule has 1 fully saturated rings. The lowest BCUT2D eigenvalue weighted by atomic mass is 10.2. The van der Waals surface area contributed by atoms with Crippen molar-refractivity contribution in [2.24, 2.45) is 0 Å². The van der Waals surface area contributed by atoms with Crippen molar-refractivity contribution in [1.29, 1.82) is 0 Å². The highest BCUT2D eigenvalue weighted by Crippen LogP contribution is 2.10. The second-order valence-corrected chi connectivity index (χ2v) is 4.98. The molecule has 4 nitrogen and oxygen atoms in total. The van der Waals surface area contributed by atoms with Gasteiger partial charge in [-0.15, -0.1) is 0 Å². The summed E-state index contributed by atoms with van der Waals surface area (Å²) in [5.74, 6) is 0.139. The zero-order valence-corrected chi connectivity index (χ0v) is 8.06. The summed E-state index contributed by atoms with van der Waals surface area (Å²) in [6, 6.07) is 0. The van der Waals surface area contributed by atoms with Gasteiger partial charge in [0, 0.05) is 13.2 Å². The minimum absolute atomic E-state index is 0.0892. The van der Waals surface area contributed by atoms with E-state index in [4.69, 9.17) is 4.74 Å². The van der Waals surface area contributed by atoms with E-state index in [1.165, 1.54) is 0 Å². The summed E-state index contributed by atoms with van der Waals surface area (Å²) in [6.07, 6.45) is 2.09. The van der Waals surface area contributed by atoms with Crippen LogP contribution in [0, 0.1) is 0 Å². The molecule has 0 aromatic rings. The van der Waals surface area contributed by atoms with Crippen LogP contribution in [0.1, 0.15) is 19.8 Å². The number of rotatable bonds is 4. The van der Waals surface area contributed by atoms with E-state index in [-0.39, 0.29) is 11.9 Å². The summed E-state index contributed by atoms with van der Waals surface area (Å²) in [5, 5.41) is 0. The number of nitrogens with one attached hydrogen (secondary N) is 1. The van der Waals surface area contributed by atoms with E-state index in [0.29, 0.717) is 6.54 Å². The normalized spacial score (nSPS) is 24.6. The van der Waals surface area contributed by atoms with Gasteiger partial charge < -0.3 is 4.74 Å². The molecule has 5 heteroatoms. The van der Waals surface area contributed by atoms with Crippen LogP contribution in [-0.2, 0) is 14.8 Å². The maximum absolute atomic E-state index is 11.0. The van der Waals surface area contributed by atoms with E-state index >= 15 is 0 Å². The monoisotopic (exact) mass is 193 g/mol. The Morgan fingerprint density at radius 1 is 1.58 bits per heavy atom. The number of hydrogen-bond donors (Lipinski definition) is 1. The topological polar surface area (TPSA) is 55.4 Å². The molecule has 12 heavy (non-hydrogen) atoms. The Kier molecular flexibility index (Phi) is 3.49. The van der Waals surface area contributed by atoms with E-state index in [1.807, 2.05) is 0 Å². The summed E-state index contributed by atoms with van der Waals surface area (Å²) in [6.45, 7) is 2.81. The van der Waals surface area contributed by atoms with Crippen molar-refractivity contribution in [3.8, 4) is 0 Å². The van der Waals surface area contributed by atoms with Crippen molar-refractivity contribution in [1.82, 2.24) is 4.72 Å². The minimum atomic E-state index is -3.04. The maximum Gasteiger partial charge on any atom is 0.211 e.